The highest BCUT2D eigenvalue weighted by Crippen LogP contribution is 2.37. The Hall–Kier alpha value is -3.19. The topological polar surface area (TPSA) is 101 Å². The van der Waals surface area contributed by atoms with Crippen molar-refractivity contribution in [2.75, 3.05) is 37.6 Å². The Morgan fingerprint density at radius 2 is 1.87 bits per heavy atom. The normalized spacial score (nSPS) is 16.8. The number of hydrogen-bond acceptors (Lipinski definition) is 8. The van der Waals surface area contributed by atoms with E-state index in [-0.39, 0.29) is 12.1 Å². The number of rotatable bonds is 9. The van der Waals surface area contributed by atoms with E-state index in [0.717, 1.165) is 44.0 Å². The summed E-state index contributed by atoms with van der Waals surface area (Å²) in [5, 5.41) is 29.3. The first-order valence-electron chi connectivity index (χ1n) is 12.4. The van der Waals surface area contributed by atoms with Crippen LogP contribution in [0.5, 0.6) is 0 Å². The van der Waals surface area contributed by atoms with Crippen LogP contribution in [0.25, 0.3) is 0 Å². The molecule has 1 N–H and O–H groups in total. The standard InChI is InChI=1S/C25H27Cl2F2N9O/c1-17(25(39,14-37-16-30-15-31-37)20-4-3-19(28)13-22(20)29)38-24(32-33-34-38)6-7-35-8-10-36(11-9-35)23-5-2-18(26)12-21(23)27/h2-5,12-13,15-17,39H,6-11,14H2,1H3. The fourth-order valence-electron chi connectivity index (χ4n) is 4.93. The van der Waals surface area contributed by atoms with Crippen LogP contribution in [-0.2, 0) is 18.6 Å². The lowest BCUT2D eigenvalue weighted by molar-refractivity contribution is -0.0384. The summed E-state index contributed by atoms with van der Waals surface area (Å²) in [6.45, 7) is 5.44. The molecule has 0 amide bonds. The van der Waals surface area contributed by atoms with E-state index in [1.165, 1.54) is 28.1 Å². The third kappa shape index (κ3) is 5.88. The molecule has 1 fully saturated rings. The average Bonchev–Trinajstić information content (AvgIpc) is 3.59. The van der Waals surface area contributed by atoms with E-state index in [1.807, 2.05) is 12.1 Å². The van der Waals surface area contributed by atoms with Gasteiger partial charge in [0.1, 0.15) is 29.9 Å². The molecule has 2 unspecified atom stereocenters. The maximum atomic E-state index is 14.9. The molecular formula is C25H27Cl2F2N9O. The molecule has 5 rings (SSSR count). The Balaban J connectivity index is 1.29. The lowest BCUT2D eigenvalue weighted by Crippen LogP contribution is -2.47. The molecule has 0 saturated carbocycles. The zero-order valence-corrected chi connectivity index (χ0v) is 22.6. The molecule has 0 radical (unpaired) electrons. The summed E-state index contributed by atoms with van der Waals surface area (Å²) in [6, 6.07) is 7.76. The number of piperazine rings is 1. The van der Waals surface area contributed by atoms with Crippen LogP contribution in [0.1, 0.15) is 24.4 Å². The van der Waals surface area contributed by atoms with Gasteiger partial charge in [-0.25, -0.2) is 23.1 Å². The van der Waals surface area contributed by atoms with Crippen molar-refractivity contribution in [3.8, 4) is 0 Å². The SMILES string of the molecule is CC(n1nnnc1CCN1CCN(c2ccc(Cl)cc2Cl)CC1)C(O)(Cn1cncn1)c1ccc(F)cc1F. The van der Waals surface area contributed by atoms with Crippen molar-refractivity contribution in [2.45, 2.75) is 31.5 Å². The van der Waals surface area contributed by atoms with Crippen LogP contribution >= 0.6 is 23.2 Å². The lowest BCUT2D eigenvalue weighted by atomic mass is 9.86. The molecule has 2 aromatic heterocycles. The molecule has 2 atom stereocenters. The van der Waals surface area contributed by atoms with Crippen molar-refractivity contribution in [3.63, 3.8) is 0 Å². The maximum absolute atomic E-state index is 14.9. The van der Waals surface area contributed by atoms with Crippen LogP contribution in [-0.4, -0.2) is 77.7 Å². The maximum Gasteiger partial charge on any atom is 0.153 e. The zero-order chi connectivity index (χ0) is 27.6. The third-order valence-electron chi connectivity index (χ3n) is 7.16. The van der Waals surface area contributed by atoms with E-state index >= 15 is 0 Å². The highest BCUT2D eigenvalue weighted by molar-refractivity contribution is 6.36. The van der Waals surface area contributed by atoms with Gasteiger partial charge < -0.3 is 10.0 Å². The van der Waals surface area contributed by atoms with Crippen LogP contribution in [0, 0.1) is 11.6 Å². The van der Waals surface area contributed by atoms with E-state index < -0.39 is 23.3 Å². The molecule has 2 aromatic carbocycles. The fourth-order valence-corrected chi connectivity index (χ4v) is 5.46. The summed E-state index contributed by atoms with van der Waals surface area (Å²) in [5.41, 5.74) is -0.998. The van der Waals surface area contributed by atoms with Gasteiger partial charge in [-0.05, 0) is 41.6 Å². The first-order valence-corrected chi connectivity index (χ1v) is 13.2. The Labute approximate surface area is 233 Å². The number of benzene rings is 2. The number of nitrogens with zero attached hydrogens (tertiary/aromatic N) is 9. The highest BCUT2D eigenvalue weighted by atomic mass is 35.5. The average molecular weight is 578 g/mol. The largest absolute Gasteiger partial charge is 0.381 e. The van der Waals surface area contributed by atoms with Crippen molar-refractivity contribution in [1.29, 1.82) is 0 Å². The first kappa shape index (κ1) is 27.4. The minimum atomic E-state index is -1.86. The number of halogens is 4. The zero-order valence-electron chi connectivity index (χ0n) is 21.1. The van der Waals surface area contributed by atoms with Crippen molar-refractivity contribution in [3.05, 3.63) is 82.1 Å². The van der Waals surface area contributed by atoms with Crippen LogP contribution < -0.4 is 4.90 Å². The van der Waals surface area contributed by atoms with E-state index in [1.54, 1.807) is 13.0 Å². The van der Waals surface area contributed by atoms with Gasteiger partial charge in [0.2, 0.25) is 0 Å². The smallest absolute Gasteiger partial charge is 0.153 e. The van der Waals surface area contributed by atoms with Crippen molar-refractivity contribution >= 4 is 28.9 Å². The van der Waals surface area contributed by atoms with Crippen LogP contribution in [0.3, 0.4) is 0 Å². The summed E-state index contributed by atoms with van der Waals surface area (Å²) in [6.07, 6.45) is 3.23. The van der Waals surface area contributed by atoms with Gasteiger partial charge in [-0.2, -0.15) is 5.10 Å². The van der Waals surface area contributed by atoms with Crippen LogP contribution in [0.2, 0.25) is 10.0 Å². The van der Waals surface area contributed by atoms with Gasteiger partial charge >= 0.3 is 0 Å². The van der Waals surface area contributed by atoms with Gasteiger partial charge in [-0.1, -0.05) is 29.3 Å². The van der Waals surface area contributed by atoms with Crippen LogP contribution in [0.15, 0.2) is 49.1 Å². The first-order chi connectivity index (χ1) is 18.7. The summed E-state index contributed by atoms with van der Waals surface area (Å²) < 4.78 is 31.5. The molecule has 0 aliphatic carbocycles. The minimum absolute atomic E-state index is 0.0923. The van der Waals surface area contributed by atoms with Crippen LogP contribution in [0.4, 0.5) is 14.5 Å². The molecule has 3 heterocycles. The Morgan fingerprint density at radius 3 is 2.56 bits per heavy atom. The molecule has 0 spiro atoms. The summed E-state index contributed by atoms with van der Waals surface area (Å²) in [7, 11) is 0. The Kier molecular flexibility index (Phi) is 8.08. The molecule has 10 nitrogen and oxygen atoms in total. The molecule has 39 heavy (non-hydrogen) atoms. The van der Waals surface area contributed by atoms with Gasteiger partial charge in [0.05, 0.1) is 23.3 Å². The fraction of sp³-hybridized carbons (Fsp3) is 0.400. The van der Waals surface area contributed by atoms with Gasteiger partial charge in [0.15, 0.2) is 5.82 Å². The van der Waals surface area contributed by atoms with E-state index in [0.29, 0.717) is 28.8 Å². The monoisotopic (exact) mass is 577 g/mol. The van der Waals surface area contributed by atoms with Gasteiger partial charge in [0, 0.05) is 55.8 Å². The molecule has 4 aromatic rings. The number of aromatic nitrogens is 7. The Morgan fingerprint density at radius 1 is 1.08 bits per heavy atom. The van der Waals surface area contributed by atoms with Gasteiger partial charge in [-0.15, -0.1) is 5.10 Å². The number of anilines is 1. The second-order valence-corrected chi connectivity index (χ2v) is 10.4. The number of hydrogen-bond donors (Lipinski definition) is 1. The Bertz CT molecular complexity index is 1410. The van der Waals surface area contributed by atoms with E-state index in [9.17, 15) is 13.9 Å². The predicted molar refractivity (Wildman–Crippen MR) is 142 cm³/mol. The van der Waals surface area contributed by atoms with Crippen molar-refractivity contribution in [1.82, 2.24) is 39.9 Å². The van der Waals surface area contributed by atoms with Gasteiger partial charge in [-0.3, -0.25) is 4.90 Å². The minimum Gasteiger partial charge on any atom is -0.381 e. The second-order valence-electron chi connectivity index (χ2n) is 9.53. The molecule has 1 aliphatic heterocycles. The molecular weight excluding hydrogens is 551 g/mol. The molecule has 1 saturated heterocycles. The predicted octanol–water partition coefficient (Wildman–Crippen LogP) is 3.36. The summed E-state index contributed by atoms with van der Waals surface area (Å²) in [5.74, 6) is -1.09. The van der Waals surface area contributed by atoms with E-state index in [2.05, 4.69) is 35.4 Å². The van der Waals surface area contributed by atoms with Crippen molar-refractivity contribution < 1.29 is 13.9 Å². The molecule has 1 aliphatic rings. The number of aliphatic hydroxyl groups is 1. The summed E-state index contributed by atoms with van der Waals surface area (Å²) in [4.78, 5) is 8.43. The molecule has 14 heteroatoms. The molecule has 206 valence electrons. The highest BCUT2D eigenvalue weighted by Gasteiger charge is 2.42. The molecule has 0 bridgehead atoms. The summed E-state index contributed by atoms with van der Waals surface area (Å²) >= 11 is 12.4. The third-order valence-corrected chi connectivity index (χ3v) is 7.70. The van der Waals surface area contributed by atoms with Gasteiger partial charge in [0.25, 0.3) is 0 Å². The van der Waals surface area contributed by atoms with E-state index in [4.69, 9.17) is 23.2 Å². The number of tetrazole rings is 1. The quantitative estimate of drug-likeness (QED) is 0.323. The lowest BCUT2D eigenvalue weighted by Gasteiger charge is -2.37. The van der Waals surface area contributed by atoms with Crippen molar-refractivity contribution in [2.24, 2.45) is 0 Å². The second kappa shape index (κ2) is 11.5.